The van der Waals surface area contributed by atoms with Crippen LogP contribution in [0.2, 0.25) is 0 Å². The van der Waals surface area contributed by atoms with Crippen LogP contribution in [0.15, 0.2) is 66.2 Å². The Bertz CT molecular complexity index is 1000. The first-order valence-corrected chi connectivity index (χ1v) is 8.49. The van der Waals surface area contributed by atoms with Gasteiger partial charge in [0.2, 0.25) is 0 Å². The van der Waals surface area contributed by atoms with E-state index in [9.17, 15) is 4.79 Å². The first kappa shape index (κ1) is 14.7. The van der Waals surface area contributed by atoms with Crippen LogP contribution in [0.3, 0.4) is 0 Å². The second kappa shape index (κ2) is 5.94. The zero-order valence-corrected chi connectivity index (χ0v) is 13.9. The Labute approximate surface area is 143 Å². The molecule has 3 heterocycles. The Morgan fingerprint density at radius 1 is 1.08 bits per heavy atom. The van der Waals surface area contributed by atoms with E-state index in [4.69, 9.17) is 0 Å². The minimum Gasteiger partial charge on any atom is -0.306 e. The zero-order chi connectivity index (χ0) is 16.5. The van der Waals surface area contributed by atoms with Gasteiger partial charge in [-0.3, -0.25) is 9.20 Å². The summed E-state index contributed by atoms with van der Waals surface area (Å²) in [5.41, 5.74) is 3.35. The molecule has 118 valence electrons. The maximum Gasteiger partial charge on any atom is 0.256 e. The van der Waals surface area contributed by atoms with Crippen LogP contribution < -0.4 is 5.32 Å². The number of pyridine rings is 1. The lowest BCUT2D eigenvalue weighted by Gasteiger charge is -2.07. The predicted molar refractivity (Wildman–Crippen MR) is 97.6 cm³/mol. The van der Waals surface area contributed by atoms with Gasteiger partial charge in [-0.15, -0.1) is 11.3 Å². The van der Waals surface area contributed by atoms with Crippen molar-refractivity contribution >= 4 is 28.7 Å². The normalized spacial score (nSPS) is 10.9. The average molecular weight is 333 g/mol. The number of carbonyl (C=O) groups is 1. The molecule has 1 amide bonds. The van der Waals surface area contributed by atoms with Gasteiger partial charge in [0, 0.05) is 11.8 Å². The molecule has 0 saturated heterocycles. The molecule has 24 heavy (non-hydrogen) atoms. The second-order valence-electron chi connectivity index (χ2n) is 5.54. The van der Waals surface area contributed by atoms with Crippen LogP contribution in [0.4, 0.5) is 5.82 Å². The third-order valence-corrected chi connectivity index (χ3v) is 4.71. The maximum atomic E-state index is 12.6. The number of benzene rings is 1. The molecule has 1 N–H and O–H groups in total. The average Bonchev–Trinajstić information content (AvgIpc) is 3.23. The number of nitrogens with zero attached hydrogens (tertiary/aromatic N) is 2. The van der Waals surface area contributed by atoms with Crippen LogP contribution in [0, 0.1) is 6.92 Å². The lowest BCUT2D eigenvalue weighted by molar-refractivity contribution is 0.102. The number of aryl methyl sites for hydroxylation is 1. The van der Waals surface area contributed by atoms with Crippen LogP contribution in [-0.2, 0) is 0 Å². The van der Waals surface area contributed by atoms with Gasteiger partial charge in [0.25, 0.3) is 5.91 Å². The van der Waals surface area contributed by atoms with E-state index in [1.807, 2.05) is 77.5 Å². The summed E-state index contributed by atoms with van der Waals surface area (Å²) in [6.07, 6.45) is 1.91. The number of anilines is 1. The van der Waals surface area contributed by atoms with Gasteiger partial charge in [-0.2, -0.15) is 0 Å². The fraction of sp³-hybridized carbons (Fsp3) is 0.0526. The summed E-state index contributed by atoms with van der Waals surface area (Å²) >= 11 is 1.60. The van der Waals surface area contributed by atoms with E-state index in [-0.39, 0.29) is 5.91 Å². The van der Waals surface area contributed by atoms with Crippen LogP contribution >= 0.6 is 11.3 Å². The van der Waals surface area contributed by atoms with Crippen molar-refractivity contribution in [3.8, 4) is 10.6 Å². The molecule has 0 radical (unpaired) electrons. The molecule has 3 aromatic heterocycles. The third kappa shape index (κ3) is 2.59. The molecule has 0 bridgehead atoms. The van der Waals surface area contributed by atoms with Gasteiger partial charge in [-0.25, -0.2) is 4.98 Å². The largest absolute Gasteiger partial charge is 0.306 e. The Kier molecular flexibility index (Phi) is 3.63. The Morgan fingerprint density at radius 3 is 2.67 bits per heavy atom. The first-order chi connectivity index (χ1) is 11.7. The fourth-order valence-electron chi connectivity index (χ4n) is 2.59. The number of aromatic nitrogens is 2. The van der Waals surface area contributed by atoms with E-state index >= 15 is 0 Å². The van der Waals surface area contributed by atoms with Gasteiger partial charge >= 0.3 is 0 Å². The second-order valence-corrected chi connectivity index (χ2v) is 6.48. The van der Waals surface area contributed by atoms with E-state index in [1.165, 1.54) is 0 Å². The predicted octanol–water partition coefficient (Wildman–Crippen LogP) is 4.62. The number of hydrogen-bond donors (Lipinski definition) is 1. The lowest BCUT2D eigenvalue weighted by Crippen LogP contribution is -2.13. The van der Waals surface area contributed by atoms with E-state index in [1.54, 1.807) is 11.3 Å². The highest BCUT2D eigenvalue weighted by atomic mass is 32.1. The van der Waals surface area contributed by atoms with Crippen molar-refractivity contribution in [3.05, 3.63) is 77.3 Å². The SMILES string of the molecule is Cc1ccc(C(=O)Nc2c(-c3cccs3)nc3ccccn23)cc1. The highest BCUT2D eigenvalue weighted by Gasteiger charge is 2.17. The number of rotatable bonds is 3. The molecular weight excluding hydrogens is 318 g/mol. The van der Waals surface area contributed by atoms with Crippen LogP contribution in [0.1, 0.15) is 15.9 Å². The number of hydrogen-bond acceptors (Lipinski definition) is 3. The first-order valence-electron chi connectivity index (χ1n) is 7.61. The molecule has 4 rings (SSSR count). The molecule has 0 spiro atoms. The zero-order valence-electron chi connectivity index (χ0n) is 13.1. The van der Waals surface area contributed by atoms with Crippen molar-refractivity contribution < 1.29 is 4.79 Å². The number of imidazole rings is 1. The van der Waals surface area contributed by atoms with Gasteiger partial charge in [0.05, 0.1) is 4.88 Å². The molecule has 0 aliphatic heterocycles. The summed E-state index contributed by atoms with van der Waals surface area (Å²) in [6, 6.07) is 17.3. The third-order valence-electron chi connectivity index (χ3n) is 3.83. The van der Waals surface area contributed by atoms with Crippen LogP contribution in [0.5, 0.6) is 0 Å². The summed E-state index contributed by atoms with van der Waals surface area (Å²) in [7, 11) is 0. The van der Waals surface area contributed by atoms with Crippen molar-refractivity contribution in [1.29, 1.82) is 0 Å². The smallest absolute Gasteiger partial charge is 0.256 e. The Morgan fingerprint density at radius 2 is 1.92 bits per heavy atom. The fourth-order valence-corrected chi connectivity index (χ4v) is 3.30. The molecule has 0 aliphatic rings. The highest BCUT2D eigenvalue weighted by Crippen LogP contribution is 2.32. The molecule has 0 atom stereocenters. The molecule has 0 fully saturated rings. The standard InChI is InChI=1S/C19H15N3OS/c1-13-7-9-14(10-8-13)19(23)21-18-17(15-5-4-12-24-15)20-16-6-2-3-11-22(16)18/h2-12H,1H3,(H,21,23). The van der Waals surface area contributed by atoms with Gasteiger partial charge in [0.15, 0.2) is 0 Å². The summed E-state index contributed by atoms with van der Waals surface area (Å²) < 4.78 is 1.90. The molecule has 0 aliphatic carbocycles. The van der Waals surface area contributed by atoms with Crippen molar-refractivity contribution in [2.24, 2.45) is 0 Å². The van der Waals surface area contributed by atoms with Gasteiger partial charge in [-0.05, 0) is 42.6 Å². The van der Waals surface area contributed by atoms with Crippen molar-refractivity contribution in [3.63, 3.8) is 0 Å². The minimum absolute atomic E-state index is 0.140. The maximum absolute atomic E-state index is 12.6. The number of thiophene rings is 1. The van der Waals surface area contributed by atoms with E-state index in [0.717, 1.165) is 21.8 Å². The molecule has 4 aromatic rings. The number of nitrogens with one attached hydrogen (secondary N) is 1. The quantitative estimate of drug-likeness (QED) is 0.594. The van der Waals surface area contributed by atoms with Crippen molar-refractivity contribution in [1.82, 2.24) is 9.38 Å². The highest BCUT2D eigenvalue weighted by molar-refractivity contribution is 7.13. The summed E-state index contributed by atoms with van der Waals surface area (Å²) in [5.74, 6) is 0.553. The summed E-state index contributed by atoms with van der Waals surface area (Å²) in [6.45, 7) is 2.00. The summed E-state index contributed by atoms with van der Waals surface area (Å²) in [5, 5.41) is 5.03. The number of carbonyl (C=O) groups excluding carboxylic acids is 1. The monoisotopic (exact) mass is 333 g/mol. The molecule has 0 unspecified atom stereocenters. The number of fused-ring (bicyclic) bond motifs is 1. The Balaban J connectivity index is 1.79. The Hall–Kier alpha value is -2.92. The van der Waals surface area contributed by atoms with Gasteiger partial charge in [-0.1, -0.05) is 29.8 Å². The van der Waals surface area contributed by atoms with E-state index < -0.39 is 0 Å². The van der Waals surface area contributed by atoms with E-state index in [0.29, 0.717) is 11.4 Å². The summed E-state index contributed by atoms with van der Waals surface area (Å²) in [4.78, 5) is 18.3. The molecule has 1 aromatic carbocycles. The topological polar surface area (TPSA) is 46.4 Å². The lowest BCUT2D eigenvalue weighted by atomic mass is 10.1. The van der Waals surface area contributed by atoms with Gasteiger partial charge < -0.3 is 5.32 Å². The molecular formula is C19H15N3OS. The van der Waals surface area contributed by atoms with Crippen molar-refractivity contribution in [2.75, 3.05) is 5.32 Å². The van der Waals surface area contributed by atoms with Crippen LogP contribution in [0.25, 0.3) is 16.2 Å². The molecule has 4 nitrogen and oxygen atoms in total. The minimum atomic E-state index is -0.140. The molecule has 5 heteroatoms. The number of amides is 1. The van der Waals surface area contributed by atoms with Crippen LogP contribution in [-0.4, -0.2) is 15.3 Å². The van der Waals surface area contributed by atoms with Gasteiger partial charge in [0.1, 0.15) is 17.2 Å². The van der Waals surface area contributed by atoms with E-state index in [2.05, 4.69) is 10.3 Å². The van der Waals surface area contributed by atoms with Crippen molar-refractivity contribution in [2.45, 2.75) is 6.92 Å². The molecule has 0 saturated carbocycles.